The van der Waals surface area contributed by atoms with Gasteiger partial charge in [0.2, 0.25) is 0 Å². The van der Waals surface area contributed by atoms with Gasteiger partial charge >= 0.3 is 39.5 Å². The van der Waals surface area contributed by atoms with E-state index in [1.807, 2.05) is 0 Å². The van der Waals surface area contributed by atoms with Crippen LogP contribution in [0.4, 0.5) is 0 Å². The number of phosphoric ester groups is 2. The number of ether oxygens (including phenoxy) is 4. The molecule has 0 aliphatic heterocycles. The van der Waals surface area contributed by atoms with Crippen LogP contribution in [0, 0.1) is 11.8 Å². The maximum Gasteiger partial charge on any atom is 0.472 e. The van der Waals surface area contributed by atoms with E-state index in [2.05, 4.69) is 41.5 Å². The van der Waals surface area contributed by atoms with Gasteiger partial charge in [-0.15, -0.1) is 0 Å². The molecular weight excluding hydrogens is 1330 g/mol. The van der Waals surface area contributed by atoms with E-state index in [1.165, 1.54) is 257 Å². The van der Waals surface area contributed by atoms with Crippen molar-refractivity contribution in [2.45, 2.75) is 458 Å². The number of rotatable bonds is 82. The highest BCUT2D eigenvalue weighted by Gasteiger charge is 2.30. The van der Waals surface area contributed by atoms with Crippen molar-refractivity contribution in [3.05, 3.63) is 0 Å². The molecule has 0 heterocycles. The van der Waals surface area contributed by atoms with Gasteiger partial charge in [-0.3, -0.25) is 37.3 Å². The monoisotopic (exact) mass is 1490 g/mol. The van der Waals surface area contributed by atoms with Gasteiger partial charge in [-0.05, 0) is 37.5 Å². The fourth-order valence-electron chi connectivity index (χ4n) is 12.9. The van der Waals surface area contributed by atoms with Gasteiger partial charge in [0, 0.05) is 25.7 Å². The van der Waals surface area contributed by atoms with Crippen LogP contribution in [0.25, 0.3) is 0 Å². The van der Waals surface area contributed by atoms with Crippen LogP contribution in [-0.2, 0) is 65.4 Å². The minimum atomic E-state index is -4.96. The van der Waals surface area contributed by atoms with Crippen molar-refractivity contribution in [2.24, 2.45) is 11.8 Å². The molecule has 0 saturated carbocycles. The zero-order valence-corrected chi connectivity index (χ0v) is 68.7. The number of aliphatic hydroxyl groups excluding tert-OH is 1. The lowest BCUT2D eigenvalue weighted by Gasteiger charge is -2.21. The van der Waals surface area contributed by atoms with Crippen LogP contribution in [-0.4, -0.2) is 96.7 Å². The van der Waals surface area contributed by atoms with E-state index in [0.29, 0.717) is 25.7 Å². The molecule has 6 atom stereocenters. The standard InChI is InChI=1S/C83H162O17P2/c1-7-10-12-14-16-18-20-22-24-26-28-30-32-34-41-47-53-59-65-80(85)93-71-78(99-82(87)67-61-55-49-42-35-33-31-29-27-25-23-21-19-17-15-13-11-8-2)73-97-101(89,90)95-69-77(84)70-96-102(91,92)98-74-79(72-94-81(86)66-60-54-48-44-38-39-45-51-57-63-75(4)5)100-83(88)68-62-56-50-43-37-36-40-46-52-58-64-76(6)9-3/h75-79,84H,7-74H2,1-6H3,(H,89,90)(H,91,92)/t76?,77-,78-,79-/m1/s1. The second kappa shape index (κ2) is 74.5. The lowest BCUT2D eigenvalue weighted by Crippen LogP contribution is -2.30. The summed E-state index contributed by atoms with van der Waals surface area (Å²) >= 11 is 0. The summed E-state index contributed by atoms with van der Waals surface area (Å²) in [5.41, 5.74) is 0. The minimum absolute atomic E-state index is 0.106. The van der Waals surface area contributed by atoms with E-state index < -0.39 is 97.5 Å². The molecule has 0 bridgehead atoms. The second-order valence-corrected chi connectivity index (χ2v) is 33.5. The van der Waals surface area contributed by atoms with Crippen molar-refractivity contribution in [1.29, 1.82) is 0 Å². The highest BCUT2D eigenvalue weighted by Crippen LogP contribution is 2.45. The van der Waals surface area contributed by atoms with E-state index in [4.69, 9.17) is 37.0 Å². The Morgan fingerprint density at radius 2 is 0.500 bits per heavy atom. The van der Waals surface area contributed by atoms with Crippen LogP contribution in [0.15, 0.2) is 0 Å². The first-order chi connectivity index (χ1) is 49.4. The number of esters is 4. The third-order valence-electron chi connectivity index (χ3n) is 19.8. The Morgan fingerprint density at radius 1 is 0.284 bits per heavy atom. The van der Waals surface area contributed by atoms with E-state index in [0.717, 1.165) is 102 Å². The third-order valence-corrected chi connectivity index (χ3v) is 21.7. The smallest absolute Gasteiger partial charge is 0.462 e. The molecule has 0 radical (unpaired) electrons. The summed E-state index contributed by atoms with van der Waals surface area (Å²) in [6, 6.07) is 0. The van der Waals surface area contributed by atoms with Crippen molar-refractivity contribution < 1.29 is 80.2 Å². The molecule has 0 aromatic rings. The molecule has 0 spiro atoms. The zero-order chi connectivity index (χ0) is 74.9. The van der Waals surface area contributed by atoms with Gasteiger partial charge in [-0.25, -0.2) is 9.13 Å². The summed E-state index contributed by atoms with van der Waals surface area (Å²) in [6.07, 6.45) is 65.1. The average molecular weight is 1490 g/mol. The Labute approximate surface area is 626 Å². The second-order valence-electron chi connectivity index (χ2n) is 30.6. The van der Waals surface area contributed by atoms with Gasteiger partial charge < -0.3 is 33.8 Å². The zero-order valence-electron chi connectivity index (χ0n) is 66.9. The summed E-state index contributed by atoms with van der Waals surface area (Å²) in [7, 11) is -9.92. The van der Waals surface area contributed by atoms with Crippen LogP contribution in [0.3, 0.4) is 0 Å². The molecule has 3 unspecified atom stereocenters. The summed E-state index contributed by atoms with van der Waals surface area (Å²) < 4.78 is 68.8. The molecule has 0 saturated heterocycles. The predicted octanol–water partition coefficient (Wildman–Crippen LogP) is 25.1. The van der Waals surface area contributed by atoms with Gasteiger partial charge in [0.25, 0.3) is 0 Å². The van der Waals surface area contributed by atoms with Crippen molar-refractivity contribution in [2.75, 3.05) is 39.6 Å². The highest BCUT2D eigenvalue weighted by atomic mass is 31.2. The third kappa shape index (κ3) is 74.9. The maximum atomic E-state index is 13.1. The molecule has 17 nitrogen and oxygen atoms in total. The molecule has 0 fully saturated rings. The first-order valence-corrected chi connectivity index (χ1v) is 46.0. The quantitative estimate of drug-likeness (QED) is 0.0222. The first-order valence-electron chi connectivity index (χ1n) is 43.0. The highest BCUT2D eigenvalue weighted by molar-refractivity contribution is 7.47. The van der Waals surface area contributed by atoms with Crippen LogP contribution >= 0.6 is 15.6 Å². The number of carbonyl (C=O) groups is 4. The lowest BCUT2D eigenvalue weighted by atomic mass is 9.99. The summed E-state index contributed by atoms with van der Waals surface area (Å²) in [4.78, 5) is 73.1. The predicted molar refractivity (Wildman–Crippen MR) is 418 cm³/mol. The van der Waals surface area contributed by atoms with Crippen molar-refractivity contribution in [1.82, 2.24) is 0 Å². The van der Waals surface area contributed by atoms with Crippen molar-refractivity contribution in [3.63, 3.8) is 0 Å². The fraction of sp³-hybridized carbons (Fsp3) is 0.952. The van der Waals surface area contributed by atoms with Gasteiger partial charge in [-0.1, -0.05) is 388 Å². The Balaban J connectivity index is 5.26. The average Bonchev–Trinajstić information content (AvgIpc) is 0.997. The van der Waals surface area contributed by atoms with E-state index in [1.54, 1.807) is 0 Å². The molecule has 0 aliphatic rings. The van der Waals surface area contributed by atoms with E-state index >= 15 is 0 Å². The maximum absolute atomic E-state index is 13.1. The minimum Gasteiger partial charge on any atom is -0.462 e. The molecule has 0 aromatic heterocycles. The number of hydrogen-bond acceptors (Lipinski definition) is 15. The lowest BCUT2D eigenvalue weighted by molar-refractivity contribution is -0.161. The molecule has 606 valence electrons. The van der Waals surface area contributed by atoms with E-state index in [9.17, 15) is 43.2 Å². The molecule has 19 heteroatoms. The Kier molecular flexibility index (Phi) is 73.1. The topological polar surface area (TPSA) is 237 Å². The van der Waals surface area contributed by atoms with Crippen LogP contribution in [0.1, 0.15) is 440 Å². The molecular formula is C83H162O17P2. The Hall–Kier alpha value is -1.94. The molecule has 0 aromatic carbocycles. The largest absolute Gasteiger partial charge is 0.472 e. The number of phosphoric acid groups is 2. The van der Waals surface area contributed by atoms with Gasteiger partial charge in [0.1, 0.15) is 19.3 Å². The molecule has 0 rings (SSSR count). The number of carbonyl (C=O) groups excluding carboxylic acids is 4. The van der Waals surface area contributed by atoms with Crippen LogP contribution in [0.5, 0.6) is 0 Å². The summed E-state index contributed by atoms with van der Waals surface area (Å²) in [5.74, 6) is -0.559. The normalized spacial score (nSPS) is 14.1. The fourth-order valence-corrected chi connectivity index (χ4v) is 14.4. The SMILES string of the molecule is CCCCCCCCCCCCCCCCCCCCC(=O)OC[C@H](COP(=O)(O)OC[C@@H](O)COP(=O)(O)OC[C@@H](COC(=O)CCCCCCCCCCCC(C)C)OC(=O)CCCCCCCCCCCCC(C)CC)OC(=O)CCCCCCCCCCCCCCCCCCCC. The van der Waals surface area contributed by atoms with E-state index in [-0.39, 0.29) is 25.7 Å². The van der Waals surface area contributed by atoms with Crippen LogP contribution < -0.4 is 0 Å². The summed E-state index contributed by atoms with van der Waals surface area (Å²) in [5, 5.41) is 10.7. The Morgan fingerprint density at radius 3 is 0.745 bits per heavy atom. The van der Waals surface area contributed by atoms with Gasteiger partial charge in [0.05, 0.1) is 26.4 Å². The number of hydrogen-bond donors (Lipinski definition) is 3. The van der Waals surface area contributed by atoms with Gasteiger partial charge in [-0.2, -0.15) is 0 Å². The van der Waals surface area contributed by atoms with Gasteiger partial charge in [0.15, 0.2) is 12.2 Å². The first kappa shape index (κ1) is 100. The molecule has 0 amide bonds. The summed E-state index contributed by atoms with van der Waals surface area (Å²) in [6.45, 7) is 9.66. The van der Waals surface area contributed by atoms with Crippen molar-refractivity contribution >= 4 is 39.5 Å². The van der Waals surface area contributed by atoms with Crippen molar-refractivity contribution in [3.8, 4) is 0 Å². The molecule has 3 N–H and O–H groups in total. The van der Waals surface area contributed by atoms with Crippen LogP contribution in [0.2, 0.25) is 0 Å². The number of aliphatic hydroxyl groups is 1. The Bertz CT molecular complexity index is 1960. The molecule has 102 heavy (non-hydrogen) atoms. The number of unbranched alkanes of at least 4 members (excludes halogenated alkanes) is 51. The molecule has 0 aliphatic carbocycles.